The van der Waals surface area contributed by atoms with Gasteiger partial charge in [-0.25, -0.2) is 0 Å². The number of nitrogens with one attached hydrogen (secondary N) is 1. The largest absolute Gasteiger partial charge is 0.352 e. The fraction of sp³-hybridized carbons (Fsp3) is 0.0909. The van der Waals surface area contributed by atoms with E-state index < -0.39 is 0 Å². The monoisotopic (exact) mass is 358 g/mol. The first kappa shape index (κ1) is 16.5. The maximum Gasteiger partial charge on any atom is 0.252 e. The second-order valence-corrected chi connectivity index (χ2v) is 7.19. The summed E-state index contributed by atoms with van der Waals surface area (Å²) >= 11 is 1.71. The number of aromatic nitrogens is 1. The Labute approximate surface area is 156 Å². The number of pyridine rings is 1. The highest BCUT2D eigenvalue weighted by Crippen LogP contribution is 2.33. The van der Waals surface area contributed by atoms with Crippen molar-refractivity contribution in [2.24, 2.45) is 0 Å². The van der Waals surface area contributed by atoms with Gasteiger partial charge in [0.1, 0.15) is 0 Å². The SMILES string of the molecule is O=C(NCCc1ccccc1)c1cncc(-c2cc3ccccc3s2)c1. The van der Waals surface area contributed by atoms with Crippen molar-refractivity contribution in [2.75, 3.05) is 6.54 Å². The minimum Gasteiger partial charge on any atom is -0.352 e. The van der Waals surface area contributed by atoms with E-state index in [4.69, 9.17) is 0 Å². The average Bonchev–Trinajstić information content (AvgIpc) is 3.13. The predicted molar refractivity (Wildman–Crippen MR) is 108 cm³/mol. The lowest BCUT2D eigenvalue weighted by molar-refractivity contribution is 0.0954. The molecule has 0 bridgehead atoms. The number of benzene rings is 2. The minimum absolute atomic E-state index is 0.0867. The highest BCUT2D eigenvalue weighted by Gasteiger charge is 2.09. The van der Waals surface area contributed by atoms with E-state index >= 15 is 0 Å². The van der Waals surface area contributed by atoms with Crippen LogP contribution in [0.5, 0.6) is 0 Å². The molecule has 0 aliphatic rings. The van der Waals surface area contributed by atoms with E-state index in [2.05, 4.69) is 40.6 Å². The third-order valence-corrected chi connectivity index (χ3v) is 5.42. The molecule has 0 fully saturated rings. The van der Waals surface area contributed by atoms with Crippen LogP contribution in [0.4, 0.5) is 0 Å². The van der Waals surface area contributed by atoms with Gasteiger partial charge in [-0.3, -0.25) is 9.78 Å². The van der Waals surface area contributed by atoms with Crippen LogP contribution in [0, 0.1) is 0 Å². The molecule has 1 amide bonds. The highest BCUT2D eigenvalue weighted by molar-refractivity contribution is 7.22. The molecule has 0 saturated carbocycles. The van der Waals surface area contributed by atoms with Gasteiger partial charge in [0, 0.05) is 34.1 Å². The highest BCUT2D eigenvalue weighted by atomic mass is 32.1. The number of rotatable bonds is 5. The van der Waals surface area contributed by atoms with Gasteiger partial charge in [0.25, 0.3) is 5.91 Å². The molecule has 0 aliphatic heterocycles. The van der Waals surface area contributed by atoms with Crippen molar-refractivity contribution >= 4 is 27.3 Å². The molecule has 4 aromatic rings. The summed E-state index contributed by atoms with van der Waals surface area (Å²) in [6.45, 7) is 0.607. The standard InChI is InChI=1S/C22H18N2OS/c25-22(24-11-10-16-6-2-1-3-7-16)19-12-18(14-23-15-19)21-13-17-8-4-5-9-20(17)26-21/h1-9,12-15H,10-11H2,(H,24,25). The molecule has 1 N–H and O–H groups in total. The summed E-state index contributed by atoms with van der Waals surface area (Å²) in [5.74, 6) is -0.0867. The van der Waals surface area contributed by atoms with E-state index in [-0.39, 0.29) is 5.91 Å². The van der Waals surface area contributed by atoms with E-state index in [1.165, 1.54) is 15.6 Å². The van der Waals surface area contributed by atoms with Crippen molar-refractivity contribution in [1.29, 1.82) is 0 Å². The molecule has 26 heavy (non-hydrogen) atoms. The Morgan fingerprint density at radius 3 is 2.62 bits per heavy atom. The molecule has 2 aromatic heterocycles. The Bertz CT molecular complexity index is 1010. The molecule has 0 radical (unpaired) electrons. The fourth-order valence-corrected chi connectivity index (χ4v) is 3.93. The van der Waals surface area contributed by atoms with E-state index in [1.54, 1.807) is 17.5 Å². The van der Waals surface area contributed by atoms with Gasteiger partial charge in [0.15, 0.2) is 0 Å². The van der Waals surface area contributed by atoms with Crippen molar-refractivity contribution in [1.82, 2.24) is 10.3 Å². The summed E-state index contributed by atoms with van der Waals surface area (Å²) in [4.78, 5) is 17.8. The van der Waals surface area contributed by atoms with Crippen molar-refractivity contribution in [3.63, 3.8) is 0 Å². The van der Waals surface area contributed by atoms with Crippen LogP contribution in [0.2, 0.25) is 0 Å². The molecule has 4 rings (SSSR count). The number of carbonyl (C=O) groups excluding carboxylic acids is 1. The quantitative estimate of drug-likeness (QED) is 0.549. The number of thiophene rings is 1. The zero-order chi connectivity index (χ0) is 17.8. The Morgan fingerprint density at radius 1 is 0.962 bits per heavy atom. The molecule has 0 unspecified atom stereocenters. The van der Waals surface area contributed by atoms with Crippen molar-refractivity contribution < 1.29 is 4.79 Å². The summed E-state index contributed by atoms with van der Waals surface area (Å²) in [7, 11) is 0. The molecule has 2 heterocycles. The third-order valence-electron chi connectivity index (χ3n) is 4.25. The first-order valence-corrected chi connectivity index (χ1v) is 9.37. The van der Waals surface area contributed by atoms with Crippen LogP contribution >= 0.6 is 11.3 Å². The number of amides is 1. The molecule has 0 atom stereocenters. The van der Waals surface area contributed by atoms with Crippen LogP contribution in [-0.4, -0.2) is 17.4 Å². The molecule has 0 spiro atoms. The van der Waals surface area contributed by atoms with Crippen molar-refractivity contribution in [3.05, 3.63) is 90.3 Å². The second kappa shape index (κ2) is 7.50. The summed E-state index contributed by atoms with van der Waals surface area (Å²) in [6.07, 6.45) is 4.25. The van der Waals surface area contributed by atoms with Crippen LogP contribution in [0.25, 0.3) is 20.5 Å². The normalized spacial score (nSPS) is 10.8. The van der Waals surface area contributed by atoms with E-state index in [0.29, 0.717) is 12.1 Å². The van der Waals surface area contributed by atoms with E-state index in [0.717, 1.165) is 16.9 Å². The molecule has 0 aliphatic carbocycles. The minimum atomic E-state index is -0.0867. The van der Waals surface area contributed by atoms with Crippen molar-refractivity contribution in [2.45, 2.75) is 6.42 Å². The van der Waals surface area contributed by atoms with Crippen LogP contribution in [0.3, 0.4) is 0 Å². The van der Waals surface area contributed by atoms with E-state index in [9.17, 15) is 4.79 Å². The van der Waals surface area contributed by atoms with Gasteiger partial charge in [-0.05, 0) is 35.6 Å². The smallest absolute Gasteiger partial charge is 0.252 e. The first-order chi connectivity index (χ1) is 12.8. The number of fused-ring (bicyclic) bond motifs is 1. The van der Waals surface area contributed by atoms with Crippen LogP contribution in [0.15, 0.2) is 79.1 Å². The molecule has 2 aromatic carbocycles. The number of hydrogen-bond acceptors (Lipinski definition) is 3. The van der Waals surface area contributed by atoms with Gasteiger partial charge in [0.05, 0.1) is 5.56 Å². The summed E-state index contributed by atoms with van der Waals surface area (Å²) in [6, 6.07) is 22.5. The molecular formula is C22H18N2OS. The topological polar surface area (TPSA) is 42.0 Å². The molecule has 128 valence electrons. The Hall–Kier alpha value is -2.98. The zero-order valence-electron chi connectivity index (χ0n) is 14.2. The molecule has 4 heteroatoms. The number of nitrogens with zero attached hydrogens (tertiary/aromatic N) is 1. The molecular weight excluding hydrogens is 340 g/mol. The first-order valence-electron chi connectivity index (χ1n) is 8.56. The van der Waals surface area contributed by atoms with Gasteiger partial charge in [-0.15, -0.1) is 11.3 Å². The van der Waals surface area contributed by atoms with E-state index in [1.807, 2.05) is 42.6 Å². The van der Waals surface area contributed by atoms with Crippen LogP contribution < -0.4 is 5.32 Å². The maximum absolute atomic E-state index is 12.4. The van der Waals surface area contributed by atoms with Gasteiger partial charge in [-0.2, -0.15) is 0 Å². The van der Waals surface area contributed by atoms with Crippen LogP contribution in [-0.2, 0) is 6.42 Å². The summed E-state index contributed by atoms with van der Waals surface area (Å²) in [5.41, 5.74) is 2.78. The number of hydrogen-bond donors (Lipinski definition) is 1. The fourth-order valence-electron chi connectivity index (χ4n) is 2.89. The predicted octanol–water partition coefficient (Wildman–Crippen LogP) is 4.94. The average molecular weight is 358 g/mol. The molecule has 0 saturated heterocycles. The lowest BCUT2D eigenvalue weighted by atomic mass is 10.1. The summed E-state index contributed by atoms with van der Waals surface area (Å²) in [5, 5.41) is 4.19. The lowest BCUT2D eigenvalue weighted by Gasteiger charge is -2.06. The lowest BCUT2D eigenvalue weighted by Crippen LogP contribution is -2.25. The third kappa shape index (κ3) is 3.65. The zero-order valence-corrected chi connectivity index (χ0v) is 15.0. The summed E-state index contributed by atoms with van der Waals surface area (Å²) < 4.78 is 1.24. The Balaban J connectivity index is 1.47. The molecule has 3 nitrogen and oxygen atoms in total. The Morgan fingerprint density at radius 2 is 1.77 bits per heavy atom. The number of carbonyl (C=O) groups is 1. The maximum atomic E-state index is 12.4. The van der Waals surface area contributed by atoms with Crippen molar-refractivity contribution in [3.8, 4) is 10.4 Å². The van der Waals surface area contributed by atoms with Gasteiger partial charge < -0.3 is 5.32 Å². The van der Waals surface area contributed by atoms with Gasteiger partial charge >= 0.3 is 0 Å². The van der Waals surface area contributed by atoms with Crippen LogP contribution in [0.1, 0.15) is 15.9 Å². The van der Waals surface area contributed by atoms with Gasteiger partial charge in [-0.1, -0.05) is 48.5 Å². The Kier molecular flexibility index (Phi) is 4.75. The second-order valence-electron chi connectivity index (χ2n) is 6.10. The van der Waals surface area contributed by atoms with Gasteiger partial charge in [0.2, 0.25) is 0 Å².